The molecule has 24 heavy (non-hydrogen) atoms. The zero-order valence-electron chi connectivity index (χ0n) is 12.9. The van der Waals surface area contributed by atoms with Gasteiger partial charge in [-0.1, -0.05) is 12.1 Å². The van der Waals surface area contributed by atoms with Crippen molar-refractivity contribution in [2.24, 2.45) is 0 Å². The highest BCUT2D eigenvalue weighted by molar-refractivity contribution is 5.78. The molecule has 116 valence electrons. The van der Waals surface area contributed by atoms with E-state index in [0.29, 0.717) is 23.2 Å². The first-order chi connectivity index (χ1) is 11.8. The average molecular weight is 316 g/mol. The third-order valence-electron chi connectivity index (χ3n) is 3.68. The van der Waals surface area contributed by atoms with E-state index < -0.39 is 0 Å². The molecule has 0 atom stereocenters. The first-order valence-corrected chi connectivity index (χ1v) is 7.51. The molecule has 0 N–H and O–H groups in total. The van der Waals surface area contributed by atoms with Crippen molar-refractivity contribution in [3.05, 3.63) is 53.9 Å². The lowest BCUT2D eigenvalue weighted by atomic mass is 10.1. The summed E-state index contributed by atoms with van der Waals surface area (Å²) in [4.78, 5) is 8.84. The van der Waals surface area contributed by atoms with E-state index in [9.17, 15) is 0 Å². The number of hydrogen-bond acceptors (Lipinski definition) is 6. The molecule has 0 saturated heterocycles. The minimum Gasteiger partial charge on any atom is -0.441 e. The van der Waals surface area contributed by atoms with E-state index in [0.717, 1.165) is 28.6 Å². The predicted molar refractivity (Wildman–Crippen MR) is 86.8 cm³/mol. The van der Waals surface area contributed by atoms with Crippen LogP contribution in [0.5, 0.6) is 0 Å². The Bertz CT molecular complexity index is 1050. The monoisotopic (exact) mass is 316 g/mol. The molecule has 0 saturated carbocycles. The van der Waals surface area contributed by atoms with Crippen molar-refractivity contribution in [2.75, 3.05) is 0 Å². The predicted octanol–water partition coefficient (Wildman–Crippen LogP) is 3.98. The topological polar surface area (TPSA) is 88.7 Å². The smallest absolute Gasteiger partial charge is 0.258 e. The summed E-state index contributed by atoms with van der Waals surface area (Å²) in [7, 11) is 0. The lowest BCUT2D eigenvalue weighted by Gasteiger charge is -1.94. The van der Waals surface area contributed by atoms with E-state index in [1.807, 2.05) is 25.1 Å². The van der Waals surface area contributed by atoms with E-state index in [-0.39, 0.29) is 0 Å². The number of oxazole rings is 1. The van der Waals surface area contributed by atoms with Crippen molar-refractivity contribution in [1.29, 1.82) is 5.26 Å². The normalized spacial score (nSPS) is 10.8. The standard InChI is InChI=1S/C18H12N4O2/c1-2-16-20-14-9-13(7-8-15(14)23-16)17-21-18(24-22-17)12-5-3-11(10-19)4-6-12/h3-9H,2H2,1H3. The maximum absolute atomic E-state index is 8.84. The number of rotatable bonds is 3. The van der Waals surface area contributed by atoms with Crippen molar-refractivity contribution in [3.8, 4) is 28.9 Å². The fourth-order valence-corrected chi connectivity index (χ4v) is 2.41. The van der Waals surface area contributed by atoms with Gasteiger partial charge < -0.3 is 8.94 Å². The molecule has 2 heterocycles. The van der Waals surface area contributed by atoms with E-state index >= 15 is 0 Å². The molecule has 0 aliphatic heterocycles. The van der Waals surface area contributed by atoms with E-state index in [1.165, 1.54) is 0 Å². The first kappa shape index (κ1) is 14.2. The largest absolute Gasteiger partial charge is 0.441 e. The van der Waals surface area contributed by atoms with E-state index in [2.05, 4.69) is 21.2 Å². The molecule has 0 radical (unpaired) electrons. The van der Waals surface area contributed by atoms with Crippen LogP contribution in [0.2, 0.25) is 0 Å². The highest BCUT2D eigenvalue weighted by atomic mass is 16.5. The second-order valence-electron chi connectivity index (χ2n) is 5.26. The highest BCUT2D eigenvalue weighted by Gasteiger charge is 2.13. The molecule has 0 aliphatic rings. The minimum absolute atomic E-state index is 0.406. The Morgan fingerprint density at radius 3 is 2.58 bits per heavy atom. The van der Waals surface area contributed by atoms with Crippen LogP contribution in [-0.4, -0.2) is 15.1 Å². The lowest BCUT2D eigenvalue weighted by molar-refractivity contribution is 0.432. The number of aryl methyl sites for hydroxylation is 1. The maximum Gasteiger partial charge on any atom is 0.258 e. The van der Waals surface area contributed by atoms with E-state index in [4.69, 9.17) is 14.2 Å². The van der Waals surface area contributed by atoms with Crippen molar-refractivity contribution < 1.29 is 8.94 Å². The van der Waals surface area contributed by atoms with Crippen molar-refractivity contribution in [1.82, 2.24) is 15.1 Å². The van der Waals surface area contributed by atoms with Gasteiger partial charge in [-0.05, 0) is 42.5 Å². The molecule has 0 bridgehead atoms. The van der Waals surface area contributed by atoms with Crippen LogP contribution in [0.3, 0.4) is 0 Å². The van der Waals surface area contributed by atoms with Crippen LogP contribution in [0.15, 0.2) is 51.4 Å². The van der Waals surface area contributed by atoms with Crippen LogP contribution in [-0.2, 0) is 6.42 Å². The Morgan fingerprint density at radius 1 is 1.04 bits per heavy atom. The number of fused-ring (bicyclic) bond motifs is 1. The summed E-state index contributed by atoms with van der Waals surface area (Å²) in [5, 5.41) is 12.9. The van der Waals surface area contributed by atoms with Gasteiger partial charge in [0.25, 0.3) is 5.89 Å². The van der Waals surface area contributed by atoms with Gasteiger partial charge in [-0.2, -0.15) is 10.2 Å². The third-order valence-corrected chi connectivity index (χ3v) is 3.68. The van der Waals surface area contributed by atoms with E-state index in [1.54, 1.807) is 24.3 Å². The van der Waals surface area contributed by atoms with Gasteiger partial charge in [0.15, 0.2) is 11.5 Å². The molecule has 4 rings (SSSR count). The molecular formula is C18H12N4O2. The fourth-order valence-electron chi connectivity index (χ4n) is 2.41. The molecule has 0 amide bonds. The van der Waals surface area contributed by atoms with Crippen molar-refractivity contribution in [3.63, 3.8) is 0 Å². The molecule has 4 aromatic rings. The Balaban J connectivity index is 1.70. The number of benzene rings is 2. The number of aromatic nitrogens is 3. The number of hydrogen-bond donors (Lipinski definition) is 0. The Hall–Kier alpha value is -3.46. The van der Waals surface area contributed by atoms with Gasteiger partial charge in [0.2, 0.25) is 5.82 Å². The lowest BCUT2D eigenvalue weighted by Crippen LogP contribution is -1.82. The molecule has 0 fully saturated rings. The molecule has 2 aromatic heterocycles. The average Bonchev–Trinajstić information content (AvgIpc) is 3.27. The van der Waals surface area contributed by atoms with Gasteiger partial charge in [0.1, 0.15) is 5.52 Å². The molecule has 2 aromatic carbocycles. The molecular weight excluding hydrogens is 304 g/mol. The summed E-state index contributed by atoms with van der Waals surface area (Å²) in [6.45, 7) is 1.99. The number of nitriles is 1. The van der Waals surface area contributed by atoms with Crippen LogP contribution >= 0.6 is 0 Å². The second-order valence-corrected chi connectivity index (χ2v) is 5.26. The van der Waals surface area contributed by atoms with Crippen LogP contribution in [0.25, 0.3) is 33.9 Å². The first-order valence-electron chi connectivity index (χ1n) is 7.51. The second kappa shape index (κ2) is 5.63. The Morgan fingerprint density at radius 2 is 1.83 bits per heavy atom. The summed E-state index contributed by atoms with van der Waals surface area (Å²) >= 11 is 0. The van der Waals surface area contributed by atoms with Crippen molar-refractivity contribution >= 4 is 11.1 Å². The summed E-state index contributed by atoms with van der Waals surface area (Å²) in [5.74, 6) is 1.59. The van der Waals surface area contributed by atoms with Crippen molar-refractivity contribution in [2.45, 2.75) is 13.3 Å². The SMILES string of the molecule is CCc1nc2cc(-c3noc(-c4ccc(C#N)cc4)n3)ccc2o1. The zero-order valence-corrected chi connectivity index (χ0v) is 12.9. The van der Waals surface area contributed by atoms with Gasteiger partial charge in [0.05, 0.1) is 11.6 Å². The fraction of sp³-hybridized carbons (Fsp3) is 0.111. The Kier molecular flexibility index (Phi) is 3.32. The molecule has 0 aliphatic carbocycles. The van der Waals surface area contributed by atoms with Gasteiger partial charge in [0, 0.05) is 17.5 Å². The van der Waals surface area contributed by atoms with Gasteiger partial charge >= 0.3 is 0 Å². The van der Waals surface area contributed by atoms with Crippen LogP contribution in [0, 0.1) is 11.3 Å². The van der Waals surface area contributed by atoms with Crippen LogP contribution < -0.4 is 0 Å². The zero-order chi connectivity index (χ0) is 16.5. The molecule has 0 unspecified atom stereocenters. The number of nitrogens with zero attached hydrogens (tertiary/aromatic N) is 4. The quantitative estimate of drug-likeness (QED) is 0.568. The summed E-state index contributed by atoms with van der Waals surface area (Å²) < 4.78 is 10.9. The van der Waals surface area contributed by atoms with Crippen LogP contribution in [0.4, 0.5) is 0 Å². The summed E-state index contributed by atoms with van der Waals surface area (Å²) in [6, 6.07) is 14.7. The maximum atomic E-state index is 8.84. The summed E-state index contributed by atoms with van der Waals surface area (Å²) in [6.07, 6.45) is 0.745. The molecule has 0 spiro atoms. The van der Waals surface area contributed by atoms with Crippen LogP contribution in [0.1, 0.15) is 18.4 Å². The third kappa shape index (κ3) is 2.42. The minimum atomic E-state index is 0.406. The van der Waals surface area contributed by atoms with Gasteiger partial charge in [-0.3, -0.25) is 0 Å². The van der Waals surface area contributed by atoms with Gasteiger partial charge in [-0.15, -0.1) is 0 Å². The highest BCUT2D eigenvalue weighted by Crippen LogP contribution is 2.25. The molecule has 6 heteroatoms. The van der Waals surface area contributed by atoms with Gasteiger partial charge in [-0.25, -0.2) is 4.98 Å². The Labute approximate surface area is 137 Å². The molecule has 6 nitrogen and oxygen atoms in total. The summed E-state index contributed by atoms with van der Waals surface area (Å²) in [5.41, 5.74) is 3.67.